The maximum atomic E-state index is 13.0. The molecule has 1 aliphatic heterocycles. The van der Waals surface area contributed by atoms with Crippen molar-refractivity contribution in [2.24, 2.45) is 0 Å². The minimum atomic E-state index is -4.61. The molecular weight excluding hydrogens is 349 g/mol. The summed E-state index contributed by atoms with van der Waals surface area (Å²) in [7, 11) is 0. The molecule has 0 unspecified atom stereocenters. The van der Waals surface area contributed by atoms with Crippen molar-refractivity contribution in [1.29, 1.82) is 0 Å². The van der Waals surface area contributed by atoms with E-state index in [1.54, 1.807) is 6.07 Å². The molecule has 11 heteroatoms. The molecule has 5 heterocycles. The highest BCUT2D eigenvalue weighted by Gasteiger charge is 2.38. The zero-order chi connectivity index (χ0) is 17.9. The number of aromatic nitrogens is 7. The number of anilines is 1. The molecule has 132 valence electrons. The fraction of sp³-hybridized carbons (Fsp3) is 0.267. The van der Waals surface area contributed by atoms with Gasteiger partial charge in [0.2, 0.25) is 0 Å². The molecule has 4 aromatic rings. The van der Waals surface area contributed by atoms with Gasteiger partial charge in [0.05, 0.1) is 5.92 Å². The monoisotopic (exact) mass is 360 g/mol. The van der Waals surface area contributed by atoms with Gasteiger partial charge in [-0.15, -0.1) is 25.5 Å². The molecule has 8 nitrogen and oxygen atoms in total. The van der Waals surface area contributed by atoms with Crippen LogP contribution in [-0.2, 0) is 6.18 Å². The van der Waals surface area contributed by atoms with Crippen LogP contribution in [0.1, 0.15) is 17.6 Å². The first-order valence-electron chi connectivity index (χ1n) is 7.85. The number of fused-ring (bicyclic) bond motifs is 2. The number of alkyl halides is 3. The van der Waals surface area contributed by atoms with Crippen LogP contribution in [0.25, 0.3) is 11.3 Å². The lowest BCUT2D eigenvalue weighted by Crippen LogP contribution is -2.46. The summed E-state index contributed by atoms with van der Waals surface area (Å²) in [6.45, 7) is 1.19. The highest BCUT2D eigenvalue weighted by Crippen LogP contribution is 2.31. The Morgan fingerprint density at radius 2 is 1.73 bits per heavy atom. The van der Waals surface area contributed by atoms with Gasteiger partial charge < -0.3 is 4.90 Å². The summed E-state index contributed by atoms with van der Waals surface area (Å²) in [6.07, 6.45) is -2.71. The second-order valence-electron chi connectivity index (χ2n) is 6.07. The van der Waals surface area contributed by atoms with Crippen LogP contribution in [-0.4, -0.2) is 47.5 Å². The molecule has 0 aromatic carbocycles. The summed E-state index contributed by atoms with van der Waals surface area (Å²) in [6, 6.07) is 8.77. The number of hydrogen-bond acceptors (Lipinski definition) is 6. The highest BCUT2D eigenvalue weighted by atomic mass is 19.4. The fourth-order valence-electron chi connectivity index (χ4n) is 3.09. The number of rotatable bonds is 2. The highest BCUT2D eigenvalue weighted by molar-refractivity contribution is 5.49. The molecule has 5 rings (SSSR count). The summed E-state index contributed by atoms with van der Waals surface area (Å²) in [5, 5.41) is 19.1. The van der Waals surface area contributed by atoms with E-state index in [4.69, 9.17) is 0 Å². The topological polar surface area (TPSA) is 76.5 Å². The summed E-state index contributed by atoms with van der Waals surface area (Å²) in [5.74, 6) is 0.272. The van der Waals surface area contributed by atoms with Crippen LogP contribution in [0.5, 0.6) is 0 Å². The average Bonchev–Trinajstić information content (AvgIpc) is 3.17. The number of hydrogen-bond donors (Lipinski definition) is 0. The first-order valence-corrected chi connectivity index (χ1v) is 7.85. The minimum absolute atomic E-state index is 0.0570. The van der Waals surface area contributed by atoms with Crippen molar-refractivity contribution in [3.05, 3.63) is 48.2 Å². The second kappa shape index (κ2) is 5.13. The lowest BCUT2D eigenvalue weighted by Gasteiger charge is -2.38. The Morgan fingerprint density at radius 1 is 0.923 bits per heavy atom. The van der Waals surface area contributed by atoms with Crippen molar-refractivity contribution in [1.82, 2.24) is 34.4 Å². The van der Waals surface area contributed by atoms with Gasteiger partial charge in [0.15, 0.2) is 11.3 Å². The SMILES string of the molecule is FC(F)(F)c1nnc2ccc(N3CC(c4nnc5ccccn45)C3)nn12. The number of pyridine rings is 1. The van der Waals surface area contributed by atoms with Gasteiger partial charge in [0.25, 0.3) is 5.82 Å². The van der Waals surface area contributed by atoms with Gasteiger partial charge >= 0.3 is 6.18 Å². The van der Waals surface area contributed by atoms with E-state index in [0.717, 1.165) is 16.0 Å². The average molecular weight is 360 g/mol. The minimum Gasteiger partial charge on any atom is -0.354 e. The van der Waals surface area contributed by atoms with E-state index in [-0.39, 0.29) is 11.6 Å². The third-order valence-corrected chi connectivity index (χ3v) is 4.41. The van der Waals surface area contributed by atoms with E-state index in [9.17, 15) is 13.2 Å². The van der Waals surface area contributed by atoms with Crippen molar-refractivity contribution in [3.8, 4) is 0 Å². The van der Waals surface area contributed by atoms with E-state index in [1.165, 1.54) is 6.07 Å². The van der Waals surface area contributed by atoms with Crippen LogP contribution in [0.4, 0.5) is 19.0 Å². The quantitative estimate of drug-likeness (QED) is 0.542. The third-order valence-electron chi connectivity index (χ3n) is 4.41. The van der Waals surface area contributed by atoms with Crippen LogP contribution < -0.4 is 4.90 Å². The molecule has 0 N–H and O–H groups in total. The molecule has 0 atom stereocenters. The van der Waals surface area contributed by atoms with E-state index < -0.39 is 12.0 Å². The molecule has 0 bridgehead atoms. The molecule has 26 heavy (non-hydrogen) atoms. The van der Waals surface area contributed by atoms with Crippen molar-refractivity contribution in [3.63, 3.8) is 0 Å². The molecule has 1 fully saturated rings. The van der Waals surface area contributed by atoms with Gasteiger partial charge in [0.1, 0.15) is 11.6 Å². The second-order valence-corrected chi connectivity index (χ2v) is 6.07. The zero-order valence-corrected chi connectivity index (χ0v) is 13.2. The van der Waals surface area contributed by atoms with Crippen LogP contribution >= 0.6 is 0 Å². The van der Waals surface area contributed by atoms with Crippen molar-refractivity contribution in [2.45, 2.75) is 12.1 Å². The summed E-state index contributed by atoms with van der Waals surface area (Å²) in [5.41, 5.74) is 0.821. The normalized spacial score (nSPS) is 15.7. The molecule has 0 spiro atoms. The Morgan fingerprint density at radius 3 is 2.54 bits per heavy atom. The maximum Gasteiger partial charge on any atom is 0.453 e. The van der Waals surface area contributed by atoms with Crippen LogP contribution in [0.3, 0.4) is 0 Å². The molecule has 0 saturated carbocycles. The van der Waals surface area contributed by atoms with Gasteiger partial charge in [-0.2, -0.15) is 17.7 Å². The molecule has 1 aliphatic rings. The van der Waals surface area contributed by atoms with E-state index in [1.807, 2.05) is 33.7 Å². The zero-order valence-electron chi connectivity index (χ0n) is 13.2. The van der Waals surface area contributed by atoms with Gasteiger partial charge in [-0.3, -0.25) is 4.40 Å². The molecule has 0 radical (unpaired) electrons. The molecule has 4 aromatic heterocycles. The molecular formula is C15H11F3N8. The van der Waals surface area contributed by atoms with Crippen LogP contribution in [0, 0.1) is 0 Å². The van der Waals surface area contributed by atoms with Gasteiger partial charge in [-0.1, -0.05) is 6.07 Å². The van der Waals surface area contributed by atoms with Crippen molar-refractivity contribution in [2.75, 3.05) is 18.0 Å². The van der Waals surface area contributed by atoms with E-state index in [0.29, 0.717) is 18.9 Å². The third kappa shape index (κ3) is 2.20. The van der Waals surface area contributed by atoms with E-state index >= 15 is 0 Å². The lowest BCUT2D eigenvalue weighted by atomic mass is 9.99. The van der Waals surface area contributed by atoms with Gasteiger partial charge in [0, 0.05) is 19.3 Å². The Labute approximate surface area is 143 Å². The van der Waals surface area contributed by atoms with Crippen molar-refractivity contribution >= 4 is 17.1 Å². The first kappa shape index (κ1) is 15.0. The number of halogens is 3. The molecule has 1 saturated heterocycles. The lowest BCUT2D eigenvalue weighted by molar-refractivity contribution is -0.146. The Kier molecular flexibility index (Phi) is 2.97. The summed E-state index contributed by atoms with van der Waals surface area (Å²) < 4.78 is 41.6. The molecule has 0 aliphatic carbocycles. The van der Waals surface area contributed by atoms with E-state index in [2.05, 4.69) is 25.5 Å². The van der Waals surface area contributed by atoms with Crippen LogP contribution in [0.15, 0.2) is 36.5 Å². The largest absolute Gasteiger partial charge is 0.453 e. The Hall–Kier alpha value is -3.24. The fourth-order valence-corrected chi connectivity index (χ4v) is 3.09. The van der Waals surface area contributed by atoms with Gasteiger partial charge in [-0.05, 0) is 24.3 Å². The summed E-state index contributed by atoms with van der Waals surface area (Å²) >= 11 is 0. The first-order chi connectivity index (χ1) is 12.5. The van der Waals surface area contributed by atoms with Crippen LogP contribution in [0.2, 0.25) is 0 Å². The van der Waals surface area contributed by atoms with Crippen molar-refractivity contribution < 1.29 is 13.2 Å². The Bertz CT molecular complexity index is 1110. The standard InChI is InChI=1S/C15H11F3N8/c16-15(17,18)14-22-20-11-4-5-12(23-26(11)14)24-7-9(8-24)13-21-19-10-3-1-2-6-25(10)13/h1-6,9H,7-8H2. The predicted octanol–water partition coefficient (Wildman–Crippen LogP) is 1.79. The number of nitrogens with zero attached hydrogens (tertiary/aromatic N) is 8. The summed E-state index contributed by atoms with van der Waals surface area (Å²) in [4.78, 5) is 1.88. The predicted molar refractivity (Wildman–Crippen MR) is 83.7 cm³/mol. The maximum absolute atomic E-state index is 13.0. The molecule has 0 amide bonds. The smallest absolute Gasteiger partial charge is 0.354 e. The Balaban J connectivity index is 1.42. The van der Waals surface area contributed by atoms with Gasteiger partial charge in [-0.25, -0.2) is 0 Å².